The molecule has 0 aromatic carbocycles. The van der Waals surface area contributed by atoms with E-state index in [0.29, 0.717) is 0 Å². The zero-order valence-electron chi connectivity index (χ0n) is 6.65. The summed E-state index contributed by atoms with van der Waals surface area (Å²) >= 11 is 0. The van der Waals surface area contributed by atoms with Crippen LogP contribution in [0.1, 0.15) is 12.8 Å². The van der Waals surface area contributed by atoms with E-state index in [1.807, 2.05) is 0 Å². The number of nitriles is 2. The Morgan fingerprint density at radius 1 is 1.00 bits per heavy atom. The first kappa shape index (κ1) is 17.6. The predicted molar refractivity (Wildman–Crippen MR) is 30.5 cm³/mol. The van der Waals surface area contributed by atoms with Gasteiger partial charge < -0.3 is 19.8 Å². The molecule has 0 radical (unpaired) electrons. The maximum Gasteiger partial charge on any atom is 2.00 e. The second-order valence-corrected chi connectivity index (χ2v) is 1.41. The number of carboxylic acids is 2. The van der Waals surface area contributed by atoms with Crippen LogP contribution in [-0.4, -0.2) is 11.9 Å². The number of hydrogen-bond donors (Lipinski definition) is 0. The molecule has 0 unspecified atom stereocenters. The molecule has 13 heavy (non-hydrogen) atoms. The Labute approximate surface area is 87.1 Å². The number of rotatable bonds is 2. The standard InChI is InChI=1S/2C3H3NO2.Zn/c2*4-2-1-3(5)6;/h2*1H2,(H,5,6);/q;;+2/p-2. The van der Waals surface area contributed by atoms with Crippen LogP contribution >= 0.6 is 0 Å². The van der Waals surface area contributed by atoms with Crippen molar-refractivity contribution in [3.05, 3.63) is 0 Å². The van der Waals surface area contributed by atoms with Crippen LogP contribution in [0.5, 0.6) is 0 Å². The number of nitrogens with zero attached hydrogens (tertiary/aromatic N) is 2. The van der Waals surface area contributed by atoms with Gasteiger partial charge in [0.2, 0.25) is 0 Å². The number of carboxylic acid groups (broad SMARTS) is 2. The van der Waals surface area contributed by atoms with Gasteiger partial charge in [-0.3, -0.25) is 0 Å². The Hall–Kier alpha value is -1.46. The van der Waals surface area contributed by atoms with Crippen molar-refractivity contribution >= 4 is 11.9 Å². The topological polar surface area (TPSA) is 128 Å². The van der Waals surface area contributed by atoms with Crippen LogP contribution in [0.3, 0.4) is 0 Å². The summed E-state index contributed by atoms with van der Waals surface area (Å²) in [6.07, 6.45) is -1.03. The monoisotopic (exact) mass is 232 g/mol. The van der Waals surface area contributed by atoms with Crippen LogP contribution < -0.4 is 10.2 Å². The molecule has 0 aromatic heterocycles. The van der Waals surface area contributed by atoms with Crippen molar-refractivity contribution in [2.45, 2.75) is 12.8 Å². The summed E-state index contributed by atoms with van der Waals surface area (Å²) < 4.78 is 0. The molecule has 0 heterocycles. The van der Waals surface area contributed by atoms with Crippen LogP contribution in [0.4, 0.5) is 0 Å². The average molecular weight is 233 g/mol. The van der Waals surface area contributed by atoms with E-state index in [0.717, 1.165) is 0 Å². The number of carbonyl (C=O) groups excluding carboxylic acids is 2. The van der Waals surface area contributed by atoms with Gasteiger partial charge in [-0.25, -0.2) is 0 Å². The summed E-state index contributed by atoms with van der Waals surface area (Å²) in [6.45, 7) is 0. The second-order valence-electron chi connectivity index (χ2n) is 1.41. The molecule has 0 N–H and O–H groups in total. The van der Waals surface area contributed by atoms with Gasteiger partial charge in [0.05, 0.1) is 36.9 Å². The minimum atomic E-state index is -1.32. The van der Waals surface area contributed by atoms with Gasteiger partial charge >= 0.3 is 19.5 Å². The minimum Gasteiger partial charge on any atom is -0.549 e. The van der Waals surface area contributed by atoms with E-state index < -0.39 is 24.8 Å². The molecule has 0 aliphatic heterocycles. The molecule has 0 atom stereocenters. The maximum atomic E-state index is 9.27. The van der Waals surface area contributed by atoms with Crippen molar-refractivity contribution in [2.75, 3.05) is 0 Å². The molecule has 7 heteroatoms. The van der Waals surface area contributed by atoms with E-state index >= 15 is 0 Å². The van der Waals surface area contributed by atoms with Gasteiger partial charge in [0.25, 0.3) is 0 Å². The van der Waals surface area contributed by atoms with Crippen LogP contribution in [0, 0.1) is 22.7 Å². The largest absolute Gasteiger partial charge is 2.00 e. The SMILES string of the molecule is N#CCC(=O)[O-].N#CCC(=O)[O-].[Zn+2]. The fraction of sp³-hybridized carbons (Fsp3) is 0.333. The maximum absolute atomic E-state index is 9.27. The summed E-state index contributed by atoms with van der Waals surface area (Å²) in [7, 11) is 0. The van der Waals surface area contributed by atoms with Gasteiger partial charge in [-0.15, -0.1) is 0 Å². The van der Waals surface area contributed by atoms with Gasteiger partial charge in [-0.2, -0.15) is 10.5 Å². The molecular weight excluding hydrogens is 229 g/mol. The van der Waals surface area contributed by atoms with Crippen molar-refractivity contribution < 1.29 is 39.3 Å². The third-order valence-electron chi connectivity index (χ3n) is 0.447. The van der Waals surface area contributed by atoms with Gasteiger partial charge in [-0.1, -0.05) is 0 Å². The van der Waals surface area contributed by atoms with Crippen molar-refractivity contribution in [3.63, 3.8) is 0 Å². The van der Waals surface area contributed by atoms with Crippen LogP contribution in [0.25, 0.3) is 0 Å². The van der Waals surface area contributed by atoms with E-state index in [1.165, 1.54) is 12.1 Å². The van der Waals surface area contributed by atoms with E-state index in [1.54, 1.807) is 0 Å². The first-order valence-corrected chi connectivity index (χ1v) is 2.68. The van der Waals surface area contributed by atoms with Crippen molar-refractivity contribution in [3.8, 4) is 12.1 Å². The number of aliphatic carboxylic acids is 2. The van der Waals surface area contributed by atoms with Crippen LogP contribution in [-0.2, 0) is 29.1 Å². The number of hydrogen-bond acceptors (Lipinski definition) is 6. The Morgan fingerprint density at radius 3 is 1.23 bits per heavy atom. The third-order valence-corrected chi connectivity index (χ3v) is 0.447. The molecule has 0 aliphatic rings. The zero-order valence-corrected chi connectivity index (χ0v) is 9.62. The van der Waals surface area contributed by atoms with E-state index in [-0.39, 0.29) is 19.5 Å². The Kier molecular flexibility index (Phi) is 17.8. The molecule has 0 amide bonds. The molecular formula is C6H4N2O4Zn. The fourth-order valence-corrected chi connectivity index (χ4v) is 0.129. The molecule has 0 fully saturated rings. The number of carbonyl (C=O) groups is 2. The molecule has 0 spiro atoms. The smallest absolute Gasteiger partial charge is 0.549 e. The summed E-state index contributed by atoms with van der Waals surface area (Å²) in [5, 5.41) is 33.7. The summed E-state index contributed by atoms with van der Waals surface area (Å²) in [5.74, 6) is -2.64. The Morgan fingerprint density at radius 2 is 1.23 bits per heavy atom. The molecule has 6 nitrogen and oxygen atoms in total. The molecule has 0 saturated carbocycles. The third kappa shape index (κ3) is 37.3. The molecule has 64 valence electrons. The van der Waals surface area contributed by atoms with Gasteiger partial charge in [0, 0.05) is 0 Å². The molecule has 0 bridgehead atoms. The van der Waals surface area contributed by atoms with E-state index in [9.17, 15) is 19.8 Å². The van der Waals surface area contributed by atoms with Gasteiger partial charge in [-0.05, 0) is 0 Å². The molecule has 0 aromatic rings. The van der Waals surface area contributed by atoms with Crippen molar-refractivity contribution in [1.82, 2.24) is 0 Å². The first-order valence-electron chi connectivity index (χ1n) is 2.68. The summed E-state index contributed by atoms with van der Waals surface area (Å²) in [5.41, 5.74) is 0. The molecule has 0 saturated heterocycles. The normalized spacial score (nSPS) is 6.00. The zero-order chi connectivity index (χ0) is 9.98. The van der Waals surface area contributed by atoms with Crippen molar-refractivity contribution in [1.29, 1.82) is 10.5 Å². The van der Waals surface area contributed by atoms with Crippen LogP contribution in [0.2, 0.25) is 0 Å². The molecule has 0 rings (SSSR count). The minimum absolute atomic E-state index is 0. The first-order chi connectivity index (χ1) is 5.54. The van der Waals surface area contributed by atoms with E-state index in [2.05, 4.69) is 0 Å². The fourth-order valence-electron chi connectivity index (χ4n) is 0.129. The predicted octanol–water partition coefficient (Wildman–Crippen LogP) is -2.70. The molecule has 0 aliphatic carbocycles. The second kappa shape index (κ2) is 13.2. The average Bonchev–Trinajstić information content (AvgIpc) is 1.87. The van der Waals surface area contributed by atoms with Crippen LogP contribution in [0.15, 0.2) is 0 Å². The quantitative estimate of drug-likeness (QED) is 0.477. The van der Waals surface area contributed by atoms with E-state index in [4.69, 9.17) is 10.5 Å². The Bertz CT molecular complexity index is 214. The van der Waals surface area contributed by atoms with Crippen molar-refractivity contribution in [2.24, 2.45) is 0 Å². The van der Waals surface area contributed by atoms with Gasteiger partial charge in [0.15, 0.2) is 0 Å². The summed E-state index contributed by atoms with van der Waals surface area (Å²) in [6, 6.07) is 2.81. The van der Waals surface area contributed by atoms with Gasteiger partial charge in [0.1, 0.15) is 0 Å². The summed E-state index contributed by atoms with van der Waals surface area (Å²) in [4.78, 5) is 18.5. The Balaban J connectivity index is -0.000000143.